The fourth-order valence-corrected chi connectivity index (χ4v) is 0.859. The topological polar surface area (TPSA) is 91.3 Å². The second kappa shape index (κ2) is 6.40. The summed E-state index contributed by atoms with van der Waals surface area (Å²) in [5.74, 6) is 0. The van der Waals surface area contributed by atoms with Gasteiger partial charge in [-0.3, -0.25) is 0 Å². The standard InChI is InChI=1S/C9H8N4O.ClH/c10-5-7-2-1-3-8(4-7)6-12-13-9(11)14;/h1-4,6H,(H3,11,13,14);1H/b12-6+;. The van der Waals surface area contributed by atoms with Crippen molar-refractivity contribution in [3.8, 4) is 6.07 Å². The van der Waals surface area contributed by atoms with E-state index in [4.69, 9.17) is 11.0 Å². The van der Waals surface area contributed by atoms with Gasteiger partial charge >= 0.3 is 6.03 Å². The van der Waals surface area contributed by atoms with Crippen molar-refractivity contribution >= 4 is 24.7 Å². The van der Waals surface area contributed by atoms with Crippen LogP contribution in [-0.2, 0) is 0 Å². The maximum absolute atomic E-state index is 10.3. The van der Waals surface area contributed by atoms with Gasteiger partial charge in [-0.15, -0.1) is 12.4 Å². The quantitative estimate of drug-likeness (QED) is 0.579. The Morgan fingerprint density at radius 1 is 1.60 bits per heavy atom. The second-order valence-corrected chi connectivity index (χ2v) is 2.47. The molecule has 3 N–H and O–H groups in total. The number of primary amides is 1. The summed E-state index contributed by atoms with van der Waals surface area (Å²) in [5, 5.41) is 12.1. The number of nitrogens with one attached hydrogen (secondary N) is 1. The molecular weight excluding hydrogens is 216 g/mol. The molecule has 0 aliphatic heterocycles. The molecule has 0 bridgehead atoms. The first kappa shape index (κ1) is 12.9. The van der Waals surface area contributed by atoms with E-state index in [1.807, 2.05) is 6.07 Å². The molecule has 0 aliphatic rings. The van der Waals surface area contributed by atoms with Gasteiger partial charge in [-0.2, -0.15) is 10.4 Å². The van der Waals surface area contributed by atoms with Crippen LogP contribution in [0.4, 0.5) is 4.79 Å². The number of halogens is 1. The zero-order chi connectivity index (χ0) is 10.4. The summed E-state index contributed by atoms with van der Waals surface area (Å²) in [6.45, 7) is 0. The number of hydrogen-bond acceptors (Lipinski definition) is 3. The molecule has 15 heavy (non-hydrogen) atoms. The molecule has 78 valence electrons. The summed E-state index contributed by atoms with van der Waals surface area (Å²) < 4.78 is 0. The molecule has 0 saturated carbocycles. The minimum Gasteiger partial charge on any atom is -0.350 e. The third-order valence-electron chi connectivity index (χ3n) is 1.40. The highest BCUT2D eigenvalue weighted by Crippen LogP contribution is 2.00. The van der Waals surface area contributed by atoms with Gasteiger partial charge in [-0.25, -0.2) is 10.2 Å². The van der Waals surface area contributed by atoms with Crippen molar-refractivity contribution in [2.75, 3.05) is 0 Å². The number of hydrogen-bond donors (Lipinski definition) is 2. The van der Waals surface area contributed by atoms with Crippen LogP contribution in [-0.4, -0.2) is 12.2 Å². The molecule has 5 nitrogen and oxygen atoms in total. The Kier molecular flexibility index (Phi) is 5.52. The molecular formula is C9H9ClN4O. The lowest BCUT2D eigenvalue weighted by molar-refractivity contribution is 0.249. The smallest absolute Gasteiger partial charge is 0.332 e. The Labute approximate surface area is 93.0 Å². The van der Waals surface area contributed by atoms with E-state index >= 15 is 0 Å². The van der Waals surface area contributed by atoms with E-state index in [-0.39, 0.29) is 12.4 Å². The first-order valence-corrected chi connectivity index (χ1v) is 3.81. The summed E-state index contributed by atoms with van der Waals surface area (Å²) >= 11 is 0. The molecule has 6 heteroatoms. The van der Waals surface area contributed by atoms with E-state index in [1.54, 1.807) is 24.3 Å². The van der Waals surface area contributed by atoms with Crippen molar-refractivity contribution in [2.45, 2.75) is 0 Å². The minimum absolute atomic E-state index is 0. The third-order valence-corrected chi connectivity index (χ3v) is 1.40. The molecule has 0 atom stereocenters. The highest BCUT2D eigenvalue weighted by atomic mass is 35.5. The van der Waals surface area contributed by atoms with E-state index in [0.717, 1.165) is 5.56 Å². The summed E-state index contributed by atoms with van der Waals surface area (Å²) in [4.78, 5) is 10.3. The average Bonchev–Trinajstić information content (AvgIpc) is 2.18. The normalized spacial score (nSPS) is 9.00. The molecule has 2 amide bonds. The van der Waals surface area contributed by atoms with Gasteiger partial charge in [-0.05, 0) is 17.7 Å². The number of benzene rings is 1. The predicted octanol–water partition coefficient (Wildman–Crippen LogP) is 0.982. The van der Waals surface area contributed by atoms with Crippen molar-refractivity contribution in [3.05, 3.63) is 35.4 Å². The second-order valence-electron chi connectivity index (χ2n) is 2.47. The van der Waals surface area contributed by atoms with Crippen LogP contribution in [0, 0.1) is 11.3 Å². The maximum Gasteiger partial charge on any atom is 0.332 e. The lowest BCUT2D eigenvalue weighted by Gasteiger charge is -1.93. The van der Waals surface area contributed by atoms with E-state index < -0.39 is 6.03 Å². The van der Waals surface area contributed by atoms with Crippen LogP contribution in [0.5, 0.6) is 0 Å². The lowest BCUT2D eigenvalue weighted by Crippen LogP contribution is -2.24. The number of urea groups is 1. The summed E-state index contributed by atoms with van der Waals surface area (Å²) in [6, 6.07) is 8.08. The van der Waals surface area contributed by atoms with E-state index in [9.17, 15) is 4.79 Å². The fraction of sp³-hybridized carbons (Fsp3) is 0. The molecule has 0 fully saturated rings. The molecule has 1 aromatic carbocycles. The Balaban J connectivity index is 0.00000196. The number of amides is 2. The lowest BCUT2D eigenvalue weighted by atomic mass is 10.1. The highest BCUT2D eigenvalue weighted by molar-refractivity contribution is 5.85. The molecule has 0 radical (unpaired) electrons. The van der Waals surface area contributed by atoms with Gasteiger partial charge in [0.2, 0.25) is 0 Å². The largest absolute Gasteiger partial charge is 0.350 e. The molecule has 0 unspecified atom stereocenters. The monoisotopic (exact) mass is 224 g/mol. The summed E-state index contributed by atoms with van der Waals surface area (Å²) in [6.07, 6.45) is 1.41. The van der Waals surface area contributed by atoms with Crippen molar-refractivity contribution < 1.29 is 4.79 Å². The number of nitriles is 1. The Morgan fingerprint density at radius 3 is 2.93 bits per heavy atom. The summed E-state index contributed by atoms with van der Waals surface area (Å²) in [7, 11) is 0. The van der Waals surface area contributed by atoms with Gasteiger partial charge in [0.25, 0.3) is 0 Å². The molecule has 0 saturated heterocycles. The number of rotatable bonds is 2. The molecule has 1 aromatic rings. The van der Waals surface area contributed by atoms with E-state index in [1.165, 1.54) is 6.21 Å². The minimum atomic E-state index is -0.724. The number of nitrogens with zero attached hydrogens (tertiary/aromatic N) is 2. The zero-order valence-electron chi connectivity index (χ0n) is 7.68. The van der Waals surface area contributed by atoms with Crippen LogP contribution in [0.3, 0.4) is 0 Å². The molecule has 0 aliphatic carbocycles. The van der Waals surface area contributed by atoms with E-state index in [2.05, 4.69) is 10.5 Å². The predicted molar refractivity (Wildman–Crippen MR) is 58.7 cm³/mol. The first-order valence-electron chi connectivity index (χ1n) is 3.81. The van der Waals surface area contributed by atoms with Gasteiger partial charge < -0.3 is 5.73 Å². The van der Waals surface area contributed by atoms with Crippen LogP contribution in [0.2, 0.25) is 0 Å². The van der Waals surface area contributed by atoms with Gasteiger partial charge in [0.15, 0.2) is 0 Å². The zero-order valence-corrected chi connectivity index (χ0v) is 8.49. The highest BCUT2D eigenvalue weighted by Gasteiger charge is 1.91. The maximum atomic E-state index is 10.3. The number of carbonyl (C=O) groups excluding carboxylic acids is 1. The van der Waals surface area contributed by atoms with Gasteiger partial charge in [-0.1, -0.05) is 12.1 Å². The van der Waals surface area contributed by atoms with Crippen LogP contribution in [0.1, 0.15) is 11.1 Å². The van der Waals surface area contributed by atoms with Crippen LogP contribution >= 0.6 is 12.4 Å². The van der Waals surface area contributed by atoms with Crippen LogP contribution in [0.25, 0.3) is 0 Å². The molecule has 0 heterocycles. The number of nitrogens with two attached hydrogens (primary N) is 1. The molecule has 1 rings (SSSR count). The Hall–Kier alpha value is -2.06. The Morgan fingerprint density at radius 2 is 2.33 bits per heavy atom. The van der Waals surface area contributed by atoms with Crippen LogP contribution < -0.4 is 11.2 Å². The van der Waals surface area contributed by atoms with Gasteiger partial charge in [0, 0.05) is 0 Å². The van der Waals surface area contributed by atoms with Crippen molar-refractivity contribution in [3.63, 3.8) is 0 Å². The molecule has 0 spiro atoms. The first-order chi connectivity index (χ1) is 6.72. The van der Waals surface area contributed by atoms with Gasteiger partial charge in [0.05, 0.1) is 17.8 Å². The number of carbonyl (C=O) groups is 1. The van der Waals surface area contributed by atoms with Gasteiger partial charge in [0.1, 0.15) is 0 Å². The van der Waals surface area contributed by atoms with Crippen LogP contribution in [0.15, 0.2) is 29.4 Å². The van der Waals surface area contributed by atoms with Crippen molar-refractivity contribution in [1.29, 1.82) is 5.26 Å². The third kappa shape index (κ3) is 4.64. The average molecular weight is 225 g/mol. The Bertz CT molecular complexity index is 411. The summed E-state index contributed by atoms with van der Waals surface area (Å²) in [5.41, 5.74) is 8.11. The van der Waals surface area contributed by atoms with Crippen molar-refractivity contribution in [2.24, 2.45) is 10.8 Å². The van der Waals surface area contributed by atoms with Crippen molar-refractivity contribution in [1.82, 2.24) is 5.43 Å². The van der Waals surface area contributed by atoms with E-state index in [0.29, 0.717) is 5.56 Å². The number of hydrazone groups is 1. The fourth-order valence-electron chi connectivity index (χ4n) is 0.859. The molecule has 0 aromatic heterocycles. The SMILES string of the molecule is Cl.N#Cc1cccc(/C=N/NC(N)=O)c1.